The van der Waals surface area contributed by atoms with E-state index in [1.165, 1.54) is 57.4 Å². The van der Waals surface area contributed by atoms with Gasteiger partial charge >= 0.3 is 0 Å². The highest BCUT2D eigenvalue weighted by molar-refractivity contribution is 7.85. The van der Waals surface area contributed by atoms with Crippen molar-refractivity contribution in [2.45, 2.75) is 82.4 Å². The van der Waals surface area contributed by atoms with Gasteiger partial charge in [-0.2, -0.15) is 8.42 Å². The lowest BCUT2D eigenvalue weighted by atomic mass is 10.0. The molecule has 146 valence electrons. The van der Waals surface area contributed by atoms with Crippen molar-refractivity contribution < 1.29 is 13.0 Å². The Morgan fingerprint density at radius 1 is 0.840 bits per heavy atom. The summed E-state index contributed by atoms with van der Waals surface area (Å²) < 4.78 is 31.8. The summed E-state index contributed by atoms with van der Waals surface area (Å²) in [6, 6.07) is 6.73. The largest absolute Gasteiger partial charge is 0.294 e. The molecule has 0 amide bonds. The molecule has 1 aromatic rings. The fourth-order valence-electron chi connectivity index (χ4n) is 2.76. The molecule has 0 heterocycles. The molecule has 3 nitrogen and oxygen atoms in total. The zero-order chi connectivity index (χ0) is 19.0. The van der Waals surface area contributed by atoms with Crippen molar-refractivity contribution in [3.63, 3.8) is 0 Å². The Balaban J connectivity index is 0.00000178. The summed E-state index contributed by atoms with van der Waals surface area (Å²) in [5.41, 5.74) is 0.726. The molecule has 0 aromatic heterocycles. The first-order valence-electron chi connectivity index (χ1n) is 9.14. The molecule has 0 unspecified atom stereocenters. The van der Waals surface area contributed by atoms with Crippen molar-refractivity contribution in [1.29, 1.82) is 0 Å². The van der Waals surface area contributed by atoms with Crippen LogP contribution in [-0.2, 0) is 16.5 Å². The van der Waals surface area contributed by atoms with E-state index in [4.69, 9.17) is 23.2 Å². The molecule has 0 spiro atoms. The first-order chi connectivity index (χ1) is 12.0. The molecule has 6 heteroatoms. The van der Waals surface area contributed by atoms with E-state index in [-0.39, 0.29) is 10.2 Å². The van der Waals surface area contributed by atoms with E-state index < -0.39 is 10.1 Å². The van der Waals surface area contributed by atoms with Gasteiger partial charge in [0.1, 0.15) is 0 Å². The van der Waals surface area contributed by atoms with Crippen LogP contribution in [-0.4, -0.2) is 18.3 Å². The number of aryl methyl sites for hydroxylation is 1. The molecule has 1 rings (SSSR count). The fraction of sp³-hybridized carbons (Fsp3) is 0.684. The molecular weight excluding hydrogens is 379 g/mol. The first-order valence-corrected chi connectivity index (χ1v) is 11.7. The molecule has 0 radical (unpaired) electrons. The number of hydrogen-bond donors (Lipinski definition) is 1. The summed E-state index contributed by atoms with van der Waals surface area (Å²) in [5, 5.41) is 0.194. The summed E-state index contributed by atoms with van der Waals surface area (Å²) >= 11 is 9.53. The minimum absolute atomic E-state index is 0.0610. The van der Waals surface area contributed by atoms with Gasteiger partial charge in [-0.3, -0.25) is 4.55 Å². The predicted molar refractivity (Wildman–Crippen MR) is 108 cm³/mol. The normalized spacial score (nSPS) is 11.0. The lowest BCUT2D eigenvalue weighted by Crippen LogP contribution is -2.03. The van der Waals surface area contributed by atoms with Crippen LogP contribution in [0.5, 0.6) is 0 Å². The Hall–Kier alpha value is -0.290. The highest BCUT2D eigenvalue weighted by Crippen LogP contribution is 2.18. The third kappa shape index (κ3) is 13.6. The van der Waals surface area contributed by atoms with Gasteiger partial charge in [0.2, 0.25) is 0 Å². The maximum absolute atomic E-state index is 11.3. The molecular formula is C19H32Cl2O3S. The molecule has 0 atom stereocenters. The molecule has 0 aliphatic heterocycles. The molecule has 25 heavy (non-hydrogen) atoms. The van der Waals surface area contributed by atoms with Crippen molar-refractivity contribution >= 4 is 33.3 Å². The number of benzene rings is 1. The topological polar surface area (TPSA) is 54.4 Å². The third-order valence-corrected chi connectivity index (χ3v) is 5.00. The molecule has 0 aliphatic carbocycles. The van der Waals surface area contributed by atoms with Crippen LogP contribution >= 0.6 is 23.2 Å². The Morgan fingerprint density at radius 3 is 1.76 bits per heavy atom. The van der Waals surface area contributed by atoms with Gasteiger partial charge in [-0.05, 0) is 24.5 Å². The summed E-state index contributed by atoms with van der Waals surface area (Å²) in [6.45, 7) is 2.24. The third-order valence-electron chi connectivity index (χ3n) is 4.05. The van der Waals surface area contributed by atoms with Crippen LogP contribution in [0.25, 0.3) is 0 Å². The van der Waals surface area contributed by atoms with Gasteiger partial charge < -0.3 is 0 Å². The molecule has 0 aliphatic rings. The van der Waals surface area contributed by atoms with Crippen LogP contribution in [0.1, 0.15) is 76.7 Å². The monoisotopic (exact) mass is 410 g/mol. The van der Waals surface area contributed by atoms with Gasteiger partial charge in [-0.1, -0.05) is 82.9 Å². The Bertz CT molecular complexity index is 533. The van der Waals surface area contributed by atoms with Gasteiger partial charge in [0.25, 0.3) is 10.1 Å². The highest BCUT2D eigenvalue weighted by atomic mass is 35.5. The van der Waals surface area contributed by atoms with Gasteiger partial charge in [0.15, 0.2) is 0 Å². The maximum atomic E-state index is 11.3. The van der Waals surface area contributed by atoms with Crippen LogP contribution in [0.15, 0.2) is 29.2 Å². The Labute approximate surface area is 163 Å². The van der Waals surface area contributed by atoms with Gasteiger partial charge in [-0.25, -0.2) is 0 Å². The smallest absolute Gasteiger partial charge is 0.282 e. The van der Waals surface area contributed by atoms with Crippen LogP contribution in [0.4, 0.5) is 0 Å². The molecule has 0 saturated heterocycles. The number of halogens is 2. The van der Waals surface area contributed by atoms with Crippen molar-refractivity contribution in [3.8, 4) is 0 Å². The van der Waals surface area contributed by atoms with Crippen LogP contribution < -0.4 is 0 Å². The number of rotatable bonds is 12. The number of unbranched alkanes of at least 4 members (excludes halogenated alkanes) is 9. The van der Waals surface area contributed by atoms with Crippen molar-refractivity contribution in [2.75, 3.05) is 5.34 Å². The summed E-state index contributed by atoms with van der Waals surface area (Å²) in [7, 11) is -4.10. The van der Waals surface area contributed by atoms with E-state index >= 15 is 0 Å². The molecule has 1 N–H and O–H groups in total. The van der Waals surface area contributed by atoms with E-state index in [1.54, 1.807) is 12.1 Å². The van der Waals surface area contributed by atoms with Crippen molar-refractivity contribution in [3.05, 3.63) is 29.8 Å². The number of hydrogen-bond acceptors (Lipinski definition) is 2. The molecule has 0 fully saturated rings. The first kappa shape index (κ1) is 24.7. The Kier molecular flexibility index (Phi) is 15.7. The summed E-state index contributed by atoms with van der Waals surface area (Å²) in [5.74, 6) is 0. The lowest BCUT2D eigenvalue weighted by Gasteiger charge is -2.07. The van der Waals surface area contributed by atoms with Crippen molar-refractivity contribution in [2.24, 2.45) is 0 Å². The minimum Gasteiger partial charge on any atom is -0.282 e. The Morgan fingerprint density at radius 2 is 1.28 bits per heavy atom. The average Bonchev–Trinajstić information content (AvgIpc) is 2.57. The maximum Gasteiger partial charge on any atom is 0.294 e. The quantitative estimate of drug-likeness (QED) is 0.233. The second-order valence-electron chi connectivity index (χ2n) is 6.12. The number of alkyl halides is 2. The predicted octanol–water partition coefficient (Wildman–Crippen LogP) is 6.82. The zero-order valence-electron chi connectivity index (χ0n) is 15.2. The van der Waals surface area contributed by atoms with E-state index in [9.17, 15) is 13.0 Å². The summed E-state index contributed by atoms with van der Waals surface area (Å²) in [6.07, 6.45) is 13.3. The second kappa shape index (κ2) is 15.9. The van der Waals surface area contributed by atoms with E-state index in [0.717, 1.165) is 18.4 Å². The van der Waals surface area contributed by atoms with E-state index in [2.05, 4.69) is 6.92 Å². The zero-order valence-corrected chi connectivity index (χ0v) is 17.6. The SMILES string of the molecule is CCCCCCCCCCCCc1ccccc1S(=O)(=O)O.ClCCl. The molecule has 0 saturated carbocycles. The second-order valence-corrected chi connectivity index (χ2v) is 8.31. The van der Waals surface area contributed by atoms with E-state index in [1.807, 2.05) is 6.07 Å². The van der Waals surface area contributed by atoms with E-state index in [0.29, 0.717) is 6.42 Å². The fourth-order valence-corrected chi connectivity index (χ4v) is 3.52. The van der Waals surface area contributed by atoms with Crippen molar-refractivity contribution in [1.82, 2.24) is 0 Å². The standard InChI is InChI=1S/C18H30O3S.CH2Cl2/c1-2-3-4-5-6-7-8-9-10-11-14-17-15-12-13-16-18(17)22(19,20)21;2-1-3/h12-13,15-16H,2-11,14H2,1H3,(H,19,20,21);1H2. The minimum atomic E-state index is -4.10. The average molecular weight is 411 g/mol. The molecule has 0 bridgehead atoms. The summed E-state index contributed by atoms with van der Waals surface area (Å²) in [4.78, 5) is 0.0610. The van der Waals surface area contributed by atoms with Crippen LogP contribution in [0.3, 0.4) is 0 Å². The molecule has 1 aromatic carbocycles. The van der Waals surface area contributed by atoms with Gasteiger partial charge in [0, 0.05) is 0 Å². The van der Waals surface area contributed by atoms with Gasteiger partial charge in [-0.15, -0.1) is 23.2 Å². The van der Waals surface area contributed by atoms with Crippen LogP contribution in [0, 0.1) is 0 Å². The highest BCUT2D eigenvalue weighted by Gasteiger charge is 2.13. The van der Waals surface area contributed by atoms with Crippen LogP contribution in [0.2, 0.25) is 0 Å². The lowest BCUT2D eigenvalue weighted by molar-refractivity contribution is 0.481. The van der Waals surface area contributed by atoms with Gasteiger partial charge in [0.05, 0.1) is 10.2 Å².